The molecule has 0 saturated carbocycles. The van der Waals surface area contributed by atoms with Crippen molar-refractivity contribution in [1.82, 2.24) is 20.0 Å². The van der Waals surface area contributed by atoms with Crippen LogP contribution in [0.3, 0.4) is 0 Å². The molecule has 1 aromatic rings. The summed E-state index contributed by atoms with van der Waals surface area (Å²) in [7, 11) is 5.48. The maximum atomic E-state index is 11.4. The molecule has 1 amide bonds. The minimum absolute atomic E-state index is 0.152. The lowest BCUT2D eigenvalue weighted by molar-refractivity contribution is -0.128. The van der Waals surface area contributed by atoms with Gasteiger partial charge in [-0.15, -0.1) is 0 Å². The zero-order valence-corrected chi connectivity index (χ0v) is 11.2. The molecule has 0 spiro atoms. The minimum Gasteiger partial charge on any atom is -0.349 e. The van der Waals surface area contributed by atoms with Crippen molar-refractivity contribution >= 4 is 5.91 Å². The van der Waals surface area contributed by atoms with Gasteiger partial charge in [-0.2, -0.15) is 5.10 Å². The van der Waals surface area contributed by atoms with Gasteiger partial charge >= 0.3 is 0 Å². The van der Waals surface area contributed by atoms with Gasteiger partial charge in [0.1, 0.15) is 0 Å². The highest BCUT2D eigenvalue weighted by Gasteiger charge is 2.06. The molecule has 1 N–H and O–H groups in total. The van der Waals surface area contributed by atoms with Crippen molar-refractivity contribution in [2.24, 2.45) is 7.05 Å². The van der Waals surface area contributed by atoms with E-state index in [1.54, 1.807) is 19.0 Å². The van der Waals surface area contributed by atoms with Crippen LogP contribution >= 0.6 is 0 Å². The van der Waals surface area contributed by atoms with E-state index in [-0.39, 0.29) is 5.91 Å². The summed E-state index contributed by atoms with van der Waals surface area (Å²) in [5.41, 5.74) is 2.34. The lowest BCUT2D eigenvalue weighted by atomic mass is 10.2. The molecule has 17 heavy (non-hydrogen) atoms. The number of nitrogens with one attached hydrogen (secondary N) is 1. The average Bonchev–Trinajstić information content (AvgIpc) is 2.64. The van der Waals surface area contributed by atoms with Crippen molar-refractivity contribution in [3.05, 3.63) is 17.5 Å². The van der Waals surface area contributed by atoms with Crippen molar-refractivity contribution in [2.75, 3.05) is 20.6 Å². The van der Waals surface area contributed by atoms with E-state index in [1.807, 2.05) is 17.9 Å². The van der Waals surface area contributed by atoms with E-state index in [4.69, 9.17) is 0 Å². The summed E-state index contributed by atoms with van der Waals surface area (Å²) in [4.78, 5) is 13.0. The Morgan fingerprint density at radius 3 is 2.82 bits per heavy atom. The quantitative estimate of drug-likeness (QED) is 0.736. The van der Waals surface area contributed by atoms with Crippen LogP contribution < -0.4 is 5.32 Å². The van der Waals surface area contributed by atoms with Crippen LogP contribution in [0.4, 0.5) is 0 Å². The molecule has 0 aliphatic carbocycles. The standard InChI is InChI=1S/C12H22N4O/c1-5-11-10(9-16(4)14-11)8-13-7-6-12(17)15(2)3/h9,13H,5-8H2,1-4H3. The Bertz CT molecular complexity index is 371. The van der Waals surface area contributed by atoms with E-state index < -0.39 is 0 Å². The number of rotatable bonds is 6. The maximum Gasteiger partial charge on any atom is 0.223 e. The molecule has 5 nitrogen and oxygen atoms in total. The SMILES string of the molecule is CCc1nn(C)cc1CNCCC(=O)N(C)C. The van der Waals surface area contributed by atoms with Crippen LogP contribution in [0.1, 0.15) is 24.6 Å². The van der Waals surface area contributed by atoms with E-state index in [1.165, 1.54) is 5.56 Å². The Kier molecular flexibility index (Phi) is 5.15. The van der Waals surface area contributed by atoms with Crippen LogP contribution in [0, 0.1) is 0 Å². The predicted octanol–water partition coefficient (Wildman–Crippen LogP) is 0.550. The van der Waals surface area contributed by atoms with E-state index >= 15 is 0 Å². The number of hydrogen-bond donors (Lipinski definition) is 1. The van der Waals surface area contributed by atoms with Gasteiger partial charge in [0.15, 0.2) is 0 Å². The van der Waals surface area contributed by atoms with E-state index in [2.05, 4.69) is 17.3 Å². The Morgan fingerprint density at radius 2 is 2.24 bits per heavy atom. The minimum atomic E-state index is 0.152. The summed E-state index contributed by atoms with van der Waals surface area (Å²) in [6.45, 7) is 3.58. The molecule has 0 unspecified atom stereocenters. The second-order valence-electron chi connectivity index (χ2n) is 4.34. The Labute approximate surface area is 103 Å². The van der Waals surface area contributed by atoms with E-state index in [0.717, 1.165) is 18.7 Å². The molecule has 5 heteroatoms. The first-order valence-electron chi connectivity index (χ1n) is 5.96. The third kappa shape index (κ3) is 4.19. The highest BCUT2D eigenvalue weighted by molar-refractivity contribution is 5.75. The first-order valence-corrected chi connectivity index (χ1v) is 5.96. The van der Waals surface area contributed by atoms with Crippen LogP contribution in [0.5, 0.6) is 0 Å². The zero-order valence-electron chi connectivity index (χ0n) is 11.2. The molecular formula is C12H22N4O. The van der Waals surface area contributed by atoms with Gasteiger partial charge < -0.3 is 10.2 Å². The van der Waals surface area contributed by atoms with E-state index in [9.17, 15) is 4.79 Å². The van der Waals surface area contributed by atoms with Gasteiger partial charge in [0, 0.05) is 52.4 Å². The summed E-state index contributed by atoms with van der Waals surface area (Å²) in [5.74, 6) is 0.152. The lowest BCUT2D eigenvalue weighted by Crippen LogP contribution is -2.26. The van der Waals surface area contributed by atoms with Gasteiger partial charge in [-0.25, -0.2) is 0 Å². The van der Waals surface area contributed by atoms with Crippen molar-refractivity contribution < 1.29 is 4.79 Å². The second kappa shape index (κ2) is 6.39. The number of amides is 1. The molecule has 0 aliphatic heterocycles. The van der Waals surface area contributed by atoms with E-state index in [0.29, 0.717) is 13.0 Å². The van der Waals surface area contributed by atoms with Gasteiger partial charge in [0.25, 0.3) is 0 Å². The van der Waals surface area contributed by atoms with Gasteiger partial charge in [0.05, 0.1) is 5.69 Å². The molecule has 0 bridgehead atoms. The van der Waals surface area contributed by atoms with Crippen LogP contribution in [-0.4, -0.2) is 41.2 Å². The first-order chi connectivity index (χ1) is 8.04. The number of carbonyl (C=O) groups is 1. The van der Waals surface area contributed by atoms with Crippen molar-refractivity contribution in [2.45, 2.75) is 26.3 Å². The molecular weight excluding hydrogens is 216 g/mol. The molecule has 0 atom stereocenters. The Balaban J connectivity index is 2.33. The summed E-state index contributed by atoms with van der Waals surface area (Å²) in [6.07, 6.45) is 3.50. The van der Waals surface area contributed by atoms with Gasteiger partial charge in [-0.3, -0.25) is 9.48 Å². The predicted molar refractivity (Wildman–Crippen MR) is 67.6 cm³/mol. The summed E-state index contributed by atoms with van der Waals surface area (Å²) in [5, 5.41) is 7.65. The second-order valence-corrected chi connectivity index (χ2v) is 4.34. The van der Waals surface area contributed by atoms with Crippen LogP contribution in [0.15, 0.2) is 6.20 Å². The largest absolute Gasteiger partial charge is 0.349 e. The third-order valence-electron chi connectivity index (χ3n) is 2.66. The number of aromatic nitrogens is 2. The topological polar surface area (TPSA) is 50.2 Å². The fourth-order valence-corrected chi connectivity index (χ4v) is 1.67. The number of nitrogens with zero attached hydrogens (tertiary/aromatic N) is 3. The molecule has 0 aromatic carbocycles. The van der Waals surface area contributed by atoms with Crippen LogP contribution in [-0.2, 0) is 24.8 Å². The number of hydrogen-bond acceptors (Lipinski definition) is 3. The molecule has 1 heterocycles. The summed E-state index contributed by atoms with van der Waals surface area (Å²) in [6, 6.07) is 0. The molecule has 0 aliphatic rings. The maximum absolute atomic E-state index is 11.4. The van der Waals surface area contributed by atoms with Crippen LogP contribution in [0.25, 0.3) is 0 Å². The third-order valence-corrected chi connectivity index (χ3v) is 2.66. The summed E-state index contributed by atoms with van der Waals surface area (Å²) < 4.78 is 1.83. The number of aryl methyl sites for hydroxylation is 2. The monoisotopic (exact) mass is 238 g/mol. The summed E-state index contributed by atoms with van der Waals surface area (Å²) >= 11 is 0. The van der Waals surface area contributed by atoms with Gasteiger partial charge in [0.2, 0.25) is 5.91 Å². The molecule has 1 aromatic heterocycles. The Morgan fingerprint density at radius 1 is 1.53 bits per heavy atom. The molecule has 1 rings (SSSR count). The van der Waals surface area contributed by atoms with Gasteiger partial charge in [-0.05, 0) is 6.42 Å². The van der Waals surface area contributed by atoms with Crippen molar-refractivity contribution in [3.8, 4) is 0 Å². The fourth-order valence-electron chi connectivity index (χ4n) is 1.67. The number of carbonyl (C=O) groups excluding carboxylic acids is 1. The smallest absolute Gasteiger partial charge is 0.223 e. The normalized spacial score (nSPS) is 10.6. The van der Waals surface area contributed by atoms with Crippen molar-refractivity contribution in [1.29, 1.82) is 0 Å². The zero-order chi connectivity index (χ0) is 12.8. The molecule has 96 valence electrons. The average molecular weight is 238 g/mol. The molecule has 0 fully saturated rings. The first kappa shape index (κ1) is 13.7. The van der Waals surface area contributed by atoms with Crippen LogP contribution in [0.2, 0.25) is 0 Å². The lowest BCUT2D eigenvalue weighted by Gasteiger charge is -2.10. The molecule has 0 saturated heterocycles. The fraction of sp³-hybridized carbons (Fsp3) is 0.667. The highest BCUT2D eigenvalue weighted by atomic mass is 16.2. The van der Waals surface area contributed by atoms with Crippen molar-refractivity contribution in [3.63, 3.8) is 0 Å². The Hall–Kier alpha value is -1.36. The highest BCUT2D eigenvalue weighted by Crippen LogP contribution is 2.06. The molecule has 0 radical (unpaired) electrons. The van der Waals surface area contributed by atoms with Gasteiger partial charge in [-0.1, -0.05) is 6.92 Å².